The van der Waals surface area contributed by atoms with Crippen molar-refractivity contribution in [3.05, 3.63) is 96.1 Å². The zero-order valence-corrected chi connectivity index (χ0v) is 12.5. The van der Waals surface area contributed by atoms with E-state index in [1.165, 1.54) is 5.56 Å². The Morgan fingerprint density at radius 1 is 0.739 bits per heavy atom. The van der Waals surface area contributed by atoms with Crippen molar-refractivity contribution in [2.75, 3.05) is 0 Å². The minimum atomic E-state index is -0.220. The fourth-order valence-corrected chi connectivity index (χ4v) is 2.21. The monoisotopic (exact) mass is 300 g/mol. The summed E-state index contributed by atoms with van der Waals surface area (Å²) >= 11 is 0. The smallest absolute Gasteiger partial charge is 0.267 e. The molecule has 0 atom stereocenters. The molecule has 0 heterocycles. The van der Waals surface area contributed by atoms with Gasteiger partial charge in [-0.1, -0.05) is 72.8 Å². The van der Waals surface area contributed by atoms with Crippen LogP contribution in [0.5, 0.6) is 0 Å². The number of benzene rings is 3. The third-order valence-electron chi connectivity index (χ3n) is 3.43. The Morgan fingerprint density at radius 3 is 1.96 bits per heavy atom. The van der Waals surface area contributed by atoms with E-state index in [0.29, 0.717) is 5.56 Å². The SMILES string of the molecule is O=C(N/N=C/c1ccc(-c2ccccc2)cc1)c1ccccc1. The van der Waals surface area contributed by atoms with Crippen LogP contribution in [-0.4, -0.2) is 12.1 Å². The van der Waals surface area contributed by atoms with Crippen LogP contribution in [0.2, 0.25) is 0 Å². The quantitative estimate of drug-likeness (QED) is 0.571. The van der Waals surface area contributed by atoms with Crippen molar-refractivity contribution < 1.29 is 4.79 Å². The van der Waals surface area contributed by atoms with Crippen LogP contribution in [0.1, 0.15) is 15.9 Å². The maximum atomic E-state index is 11.8. The molecule has 1 N–H and O–H groups in total. The van der Waals surface area contributed by atoms with Gasteiger partial charge in [0.15, 0.2) is 0 Å². The molecule has 3 aromatic rings. The Balaban J connectivity index is 1.63. The summed E-state index contributed by atoms with van der Waals surface area (Å²) in [6.45, 7) is 0. The second-order valence-electron chi connectivity index (χ2n) is 5.05. The lowest BCUT2D eigenvalue weighted by molar-refractivity contribution is 0.0955. The van der Waals surface area contributed by atoms with Gasteiger partial charge in [-0.25, -0.2) is 5.43 Å². The molecular formula is C20H16N2O. The van der Waals surface area contributed by atoms with E-state index < -0.39 is 0 Å². The summed E-state index contributed by atoms with van der Waals surface area (Å²) in [6, 6.07) is 27.2. The topological polar surface area (TPSA) is 41.5 Å². The number of hydrogen-bond donors (Lipinski definition) is 1. The fourth-order valence-electron chi connectivity index (χ4n) is 2.21. The molecular weight excluding hydrogens is 284 g/mol. The van der Waals surface area contributed by atoms with Crippen molar-refractivity contribution >= 4 is 12.1 Å². The van der Waals surface area contributed by atoms with Crippen molar-refractivity contribution in [2.24, 2.45) is 5.10 Å². The average molecular weight is 300 g/mol. The molecule has 3 heteroatoms. The lowest BCUT2D eigenvalue weighted by Crippen LogP contribution is -2.17. The van der Waals surface area contributed by atoms with Gasteiger partial charge >= 0.3 is 0 Å². The van der Waals surface area contributed by atoms with E-state index >= 15 is 0 Å². The number of hydrazone groups is 1. The van der Waals surface area contributed by atoms with Crippen LogP contribution in [0.4, 0.5) is 0 Å². The highest BCUT2D eigenvalue weighted by Crippen LogP contribution is 2.18. The molecule has 3 nitrogen and oxygen atoms in total. The molecule has 0 aliphatic rings. The van der Waals surface area contributed by atoms with Crippen LogP contribution in [-0.2, 0) is 0 Å². The molecule has 0 aliphatic heterocycles. The van der Waals surface area contributed by atoms with Crippen LogP contribution in [0.25, 0.3) is 11.1 Å². The normalized spacial score (nSPS) is 10.6. The standard InChI is InChI=1S/C20H16N2O/c23-20(19-9-5-2-6-10-19)22-21-15-16-11-13-18(14-12-16)17-7-3-1-4-8-17/h1-15H,(H,22,23)/b21-15+. The van der Waals surface area contributed by atoms with Gasteiger partial charge in [-0.3, -0.25) is 4.79 Å². The third-order valence-corrected chi connectivity index (χ3v) is 3.43. The molecule has 0 saturated carbocycles. The number of rotatable bonds is 4. The molecule has 0 saturated heterocycles. The van der Waals surface area contributed by atoms with Crippen LogP contribution >= 0.6 is 0 Å². The van der Waals surface area contributed by atoms with Crippen molar-refractivity contribution in [1.82, 2.24) is 5.43 Å². The molecule has 112 valence electrons. The van der Waals surface area contributed by atoms with E-state index in [1.807, 2.05) is 60.7 Å². The molecule has 0 spiro atoms. The van der Waals surface area contributed by atoms with E-state index in [1.54, 1.807) is 18.3 Å². The number of amides is 1. The van der Waals surface area contributed by atoms with Crippen molar-refractivity contribution in [3.8, 4) is 11.1 Å². The summed E-state index contributed by atoms with van der Waals surface area (Å²) in [6.07, 6.45) is 1.63. The van der Waals surface area contributed by atoms with Crippen LogP contribution in [0, 0.1) is 0 Å². The lowest BCUT2D eigenvalue weighted by atomic mass is 10.0. The van der Waals surface area contributed by atoms with E-state index in [9.17, 15) is 4.79 Å². The van der Waals surface area contributed by atoms with Crippen LogP contribution < -0.4 is 5.43 Å². The molecule has 0 bridgehead atoms. The highest BCUT2D eigenvalue weighted by atomic mass is 16.2. The maximum Gasteiger partial charge on any atom is 0.271 e. The van der Waals surface area contributed by atoms with Gasteiger partial charge in [-0.05, 0) is 28.8 Å². The Labute approximate surface area is 135 Å². The molecule has 3 rings (SSSR count). The van der Waals surface area contributed by atoms with Gasteiger partial charge in [0, 0.05) is 5.56 Å². The van der Waals surface area contributed by atoms with E-state index in [0.717, 1.165) is 11.1 Å². The summed E-state index contributed by atoms with van der Waals surface area (Å²) in [4.78, 5) is 11.8. The zero-order chi connectivity index (χ0) is 15.9. The predicted molar refractivity (Wildman–Crippen MR) is 93.4 cm³/mol. The predicted octanol–water partition coefficient (Wildman–Crippen LogP) is 4.12. The molecule has 0 radical (unpaired) electrons. The highest BCUT2D eigenvalue weighted by molar-refractivity contribution is 5.94. The van der Waals surface area contributed by atoms with Gasteiger partial charge in [0.25, 0.3) is 5.91 Å². The van der Waals surface area contributed by atoms with Gasteiger partial charge in [0.1, 0.15) is 0 Å². The first-order chi connectivity index (χ1) is 11.3. The Morgan fingerprint density at radius 2 is 1.30 bits per heavy atom. The van der Waals surface area contributed by atoms with Crippen LogP contribution in [0.3, 0.4) is 0 Å². The second kappa shape index (κ2) is 7.18. The lowest BCUT2D eigenvalue weighted by Gasteiger charge is -2.02. The third kappa shape index (κ3) is 3.92. The zero-order valence-electron chi connectivity index (χ0n) is 12.5. The van der Waals surface area contributed by atoms with Gasteiger partial charge in [-0.2, -0.15) is 5.10 Å². The highest BCUT2D eigenvalue weighted by Gasteiger charge is 2.01. The van der Waals surface area contributed by atoms with E-state index in [-0.39, 0.29) is 5.91 Å². The number of hydrogen-bond acceptors (Lipinski definition) is 2. The van der Waals surface area contributed by atoms with E-state index in [2.05, 4.69) is 22.7 Å². The molecule has 23 heavy (non-hydrogen) atoms. The summed E-state index contributed by atoms with van der Waals surface area (Å²) in [5.74, 6) is -0.220. The molecule has 3 aromatic carbocycles. The number of carbonyl (C=O) groups is 1. The molecule has 0 aromatic heterocycles. The molecule has 0 aliphatic carbocycles. The maximum absolute atomic E-state index is 11.8. The average Bonchev–Trinajstić information content (AvgIpc) is 2.64. The molecule has 0 fully saturated rings. The Kier molecular flexibility index (Phi) is 4.60. The largest absolute Gasteiger partial charge is 0.271 e. The minimum absolute atomic E-state index is 0.220. The minimum Gasteiger partial charge on any atom is -0.267 e. The van der Waals surface area contributed by atoms with Gasteiger partial charge in [0.2, 0.25) is 0 Å². The van der Waals surface area contributed by atoms with E-state index in [4.69, 9.17) is 0 Å². The van der Waals surface area contributed by atoms with Crippen molar-refractivity contribution in [3.63, 3.8) is 0 Å². The first kappa shape index (κ1) is 14.7. The van der Waals surface area contributed by atoms with Gasteiger partial charge in [-0.15, -0.1) is 0 Å². The molecule has 1 amide bonds. The first-order valence-electron chi connectivity index (χ1n) is 7.37. The molecule has 0 unspecified atom stereocenters. The number of nitrogens with one attached hydrogen (secondary N) is 1. The van der Waals surface area contributed by atoms with Crippen LogP contribution in [0.15, 0.2) is 90.0 Å². The van der Waals surface area contributed by atoms with Crippen molar-refractivity contribution in [1.29, 1.82) is 0 Å². The summed E-state index contributed by atoms with van der Waals surface area (Å²) in [5.41, 5.74) is 6.36. The van der Waals surface area contributed by atoms with Gasteiger partial charge in [0.05, 0.1) is 6.21 Å². The number of carbonyl (C=O) groups excluding carboxylic acids is 1. The Bertz CT molecular complexity index is 794. The second-order valence-corrected chi connectivity index (χ2v) is 5.05. The Hall–Kier alpha value is -3.20. The van der Waals surface area contributed by atoms with Crippen molar-refractivity contribution in [2.45, 2.75) is 0 Å². The summed E-state index contributed by atoms with van der Waals surface area (Å²) in [5, 5.41) is 4.00. The first-order valence-corrected chi connectivity index (χ1v) is 7.37. The summed E-state index contributed by atoms with van der Waals surface area (Å²) in [7, 11) is 0. The van der Waals surface area contributed by atoms with Gasteiger partial charge < -0.3 is 0 Å². The summed E-state index contributed by atoms with van der Waals surface area (Å²) < 4.78 is 0. The fraction of sp³-hybridized carbons (Fsp3) is 0. The number of nitrogens with zero attached hydrogens (tertiary/aromatic N) is 1.